The first-order valence-electron chi connectivity index (χ1n) is 8.59. The molecular weight excluding hydrogens is 308 g/mol. The zero-order valence-electron chi connectivity index (χ0n) is 14.7. The first-order chi connectivity index (χ1) is 10.5. The Morgan fingerprint density at radius 2 is 1.87 bits per heavy atom. The van der Waals surface area contributed by atoms with Gasteiger partial charge in [-0.1, -0.05) is 45.0 Å². The number of piperidine rings is 1. The predicted molar refractivity (Wildman–Crippen MR) is 99.3 cm³/mol. The van der Waals surface area contributed by atoms with Crippen molar-refractivity contribution < 1.29 is 4.79 Å². The van der Waals surface area contributed by atoms with Crippen LogP contribution in [0.2, 0.25) is 0 Å². The summed E-state index contributed by atoms with van der Waals surface area (Å²) >= 11 is 0. The van der Waals surface area contributed by atoms with Gasteiger partial charge in [0.15, 0.2) is 0 Å². The Hall–Kier alpha value is -1.06. The van der Waals surface area contributed by atoms with E-state index in [2.05, 4.69) is 55.7 Å². The molecule has 0 aromatic heterocycles. The van der Waals surface area contributed by atoms with Gasteiger partial charge in [-0.25, -0.2) is 0 Å². The van der Waals surface area contributed by atoms with Gasteiger partial charge in [0.2, 0.25) is 5.91 Å². The summed E-state index contributed by atoms with van der Waals surface area (Å²) in [6, 6.07) is 8.65. The van der Waals surface area contributed by atoms with Gasteiger partial charge in [-0.15, -0.1) is 12.4 Å². The van der Waals surface area contributed by atoms with E-state index in [1.165, 1.54) is 11.1 Å². The van der Waals surface area contributed by atoms with Crippen molar-refractivity contribution >= 4 is 18.3 Å². The van der Waals surface area contributed by atoms with Crippen LogP contribution in [-0.2, 0) is 11.2 Å². The average Bonchev–Trinajstić information content (AvgIpc) is 2.54. The second-order valence-corrected chi connectivity index (χ2v) is 7.04. The zero-order valence-corrected chi connectivity index (χ0v) is 15.5. The van der Waals surface area contributed by atoms with Crippen molar-refractivity contribution in [1.29, 1.82) is 0 Å². The molecule has 2 N–H and O–H groups in total. The lowest BCUT2D eigenvalue weighted by Crippen LogP contribution is -2.43. The van der Waals surface area contributed by atoms with E-state index in [4.69, 9.17) is 0 Å². The first kappa shape index (κ1) is 20.0. The fourth-order valence-corrected chi connectivity index (χ4v) is 3.07. The predicted octanol–water partition coefficient (Wildman–Crippen LogP) is 3.67. The molecule has 1 aliphatic heterocycles. The van der Waals surface area contributed by atoms with Gasteiger partial charge in [0.1, 0.15) is 0 Å². The molecule has 23 heavy (non-hydrogen) atoms. The summed E-state index contributed by atoms with van der Waals surface area (Å²) in [5, 5.41) is 6.53. The van der Waals surface area contributed by atoms with Gasteiger partial charge in [0, 0.05) is 13.0 Å². The molecule has 1 unspecified atom stereocenters. The van der Waals surface area contributed by atoms with Crippen molar-refractivity contribution in [3.63, 3.8) is 0 Å². The van der Waals surface area contributed by atoms with Crippen LogP contribution in [0.5, 0.6) is 0 Å². The van der Waals surface area contributed by atoms with Gasteiger partial charge in [-0.3, -0.25) is 4.79 Å². The zero-order chi connectivity index (χ0) is 16.0. The normalized spacial score (nSPS) is 17.9. The molecule has 4 heteroatoms. The Morgan fingerprint density at radius 3 is 2.43 bits per heavy atom. The fraction of sp³-hybridized carbons (Fsp3) is 0.632. The monoisotopic (exact) mass is 338 g/mol. The maximum atomic E-state index is 12.2. The largest absolute Gasteiger partial charge is 0.356 e. The van der Waals surface area contributed by atoms with Gasteiger partial charge >= 0.3 is 0 Å². The van der Waals surface area contributed by atoms with Crippen molar-refractivity contribution in [2.45, 2.75) is 52.4 Å². The summed E-state index contributed by atoms with van der Waals surface area (Å²) < 4.78 is 0. The maximum Gasteiger partial charge on any atom is 0.220 e. The van der Waals surface area contributed by atoms with E-state index in [0.717, 1.165) is 38.9 Å². The molecule has 1 fully saturated rings. The summed E-state index contributed by atoms with van der Waals surface area (Å²) in [5.74, 6) is 0.443. The molecule has 0 saturated carbocycles. The Morgan fingerprint density at radius 1 is 1.26 bits per heavy atom. The Kier molecular flexibility index (Phi) is 8.07. The number of aryl methyl sites for hydroxylation is 1. The highest BCUT2D eigenvalue weighted by Crippen LogP contribution is 2.27. The van der Waals surface area contributed by atoms with E-state index in [-0.39, 0.29) is 29.6 Å². The van der Waals surface area contributed by atoms with Crippen LogP contribution in [0.1, 0.15) is 57.1 Å². The Balaban J connectivity index is 0.00000264. The molecular formula is C19H31ClN2O. The van der Waals surface area contributed by atoms with Crippen molar-refractivity contribution in [1.82, 2.24) is 10.6 Å². The van der Waals surface area contributed by atoms with Crippen LogP contribution in [0.25, 0.3) is 0 Å². The van der Waals surface area contributed by atoms with Crippen molar-refractivity contribution in [3.8, 4) is 0 Å². The molecule has 3 nitrogen and oxygen atoms in total. The lowest BCUT2D eigenvalue weighted by atomic mass is 9.81. The van der Waals surface area contributed by atoms with E-state index in [0.29, 0.717) is 6.42 Å². The Bertz CT molecular complexity index is 481. The summed E-state index contributed by atoms with van der Waals surface area (Å²) in [6.45, 7) is 9.50. The van der Waals surface area contributed by atoms with E-state index >= 15 is 0 Å². The van der Waals surface area contributed by atoms with E-state index in [1.807, 2.05) is 0 Å². The number of nitrogens with one attached hydrogen (secondary N) is 2. The van der Waals surface area contributed by atoms with Gasteiger partial charge < -0.3 is 10.6 Å². The molecule has 1 aliphatic rings. The minimum Gasteiger partial charge on any atom is -0.356 e. The van der Waals surface area contributed by atoms with E-state index in [1.54, 1.807) is 0 Å². The number of halogens is 1. The number of rotatable bonds is 6. The van der Waals surface area contributed by atoms with Crippen LogP contribution in [-0.4, -0.2) is 25.5 Å². The summed E-state index contributed by atoms with van der Waals surface area (Å²) in [5.41, 5.74) is 2.85. The average molecular weight is 339 g/mol. The quantitative estimate of drug-likeness (QED) is 0.831. The number of hydrogen-bond acceptors (Lipinski definition) is 2. The van der Waals surface area contributed by atoms with Gasteiger partial charge in [-0.2, -0.15) is 0 Å². The van der Waals surface area contributed by atoms with Crippen molar-refractivity contribution in [2.24, 2.45) is 5.41 Å². The molecule has 1 aromatic rings. The number of carbonyl (C=O) groups is 1. The summed E-state index contributed by atoms with van der Waals surface area (Å²) in [4.78, 5) is 12.2. The Labute approximate surface area is 147 Å². The highest BCUT2D eigenvalue weighted by Gasteiger charge is 2.27. The highest BCUT2D eigenvalue weighted by atomic mass is 35.5. The summed E-state index contributed by atoms with van der Waals surface area (Å²) in [6.07, 6.45) is 3.91. The topological polar surface area (TPSA) is 41.1 Å². The minimum absolute atomic E-state index is 0. The minimum atomic E-state index is 0. The molecule has 1 aromatic carbocycles. The number of hydrogen-bond donors (Lipinski definition) is 2. The molecule has 0 aliphatic carbocycles. The van der Waals surface area contributed by atoms with Crippen LogP contribution in [0.4, 0.5) is 0 Å². The maximum absolute atomic E-state index is 12.2. The third kappa shape index (κ3) is 6.15. The van der Waals surface area contributed by atoms with Crippen LogP contribution in [0, 0.1) is 5.41 Å². The number of carbonyl (C=O) groups excluding carboxylic acids is 1. The van der Waals surface area contributed by atoms with E-state index in [9.17, 15) is 4.79 Å². The van der Waals surface area contributed by atoms with Crippen LogP contribution >= 0.6 is 12.4 Å². The molecule has 0 spiro atoms. The third-order valence-electron chi connectivity index (χ3n) is 4.97. The highest BCUT2D eigenvalue weighted by molar-refractivity contribution is 5.85. The number of benzene rings is 1. The SMILES string of the molecule is CCc1ccc(C(C)CC(=O)NCC2(C)CCNCC2)cc1.Cl. The fourth-order valence-electron chi connectivity index (χ4n) is 3.07. The van der Waals surface area contributed by atoms with Crippen LogP contribution < -0.4 is 10.6 Å². The van der Waals surface area contributed by atoms with Gasteiger partial charge in [0.25, 0.3) is 0 Å². The van der Waals surface area contributed by atoms with Crippen molar-refractivity contribution in [3.05, 3.63) is 35.4 Å². The molecule has 0 bridgehead atoms. The molecule has 0 radical (unpaired) electrons. The molecule has 1 amide bonds. The molecule has 1 saturated heterocycles. The molecule has 1 heterocycles. The van der Waals surface area contributed by atoms with Gasteiger partial charge in [0.05, 0.1) is 0 Å². The second kappa shape index (κ2) is 9.29. The summed E-state index contributed by atoms with van der Waals surface area (Å²) in [7, 11) is 0. The molecule has 1 atom stereocenters. The first-order valence-corrected chi connectivity index (χ1v) is 8.59. The van der Waals surface area contributed by atoms with Crippen molar-refractivity contribution in [2.75, 3.05) is 19.6 Å². The lowest BCUT2D eigenvalue weighted by Gasteiger charge is -2.34. The van der Waals surface area contributed by atoms with E-state index < -0.39 is 0 Å². The smallest absolute Gasteiger partial charge is 0.220 e. The van der Waals surface area contributed by atoms with Crippen LogP contribution in [0.3, 0.4) is 0 Å². The number of amides is 1. The molecule has 2 rings (SSSR count). The standard InChI is InChI=1S/C19H30N2O.ClH/c1-4-16-5-7-17(8-6-16)15(2)13-18(22)21-14-19(3)9-11-20-12-10-19;/h5-8,15,20H,4,9-14H2,1-3H3,(H,21,22);1H. The lowest BCUT2D eigenvalue weighted by molar-refractivity contribution is -0.122. The van der Waals surface area contributed by atoms with Gasteiger partial charge in [-0.05, 0) is 54.8 Å². The van der Waals surface area contributed by atoms with Crippen LogP contribution in [0.15, 0.2) is 24.3 Å². The second-order valence-electron chi connectivity index (χ2n) is 7.04. The molecule has 130 valence electrons. The third-order valence-corrected chi connectivity index (χ3v) is 4.97.